The van der Waals surface area contributed by atoms with Gasteiger partial charge in [0, 0.05) is 30.6 Å². The molecule has 0 saturated carbocycles. The average Bonchev–Trinajstić information content (AvgIpc) is 3.05. The molecule has 2 rings (SSSR count). The lowest BCUT2D eigenvalue weighted by molar-refractivity contribution is 0.193. The smallest absolute Gasteiger partial charge is 0.185 e. The third-order valence-corrected chi connectivity index (χ3v) is 4.98. The SMILES string of the molecule is CCCc1nc(N(C)C2CCOC2)sc1CNC(C)(C)C. The molecule has 1 aromatic heterocycles. The molecule has 1 aromatic rings. The van der Waals surface area contributed by atoms with Crippen molar-refractivity contribution < 1.29 is 4.74 Å². The molecule has 0 aromatic carbocycles. The number of likely N-dealkylation sites (N-methyl/N-ethyl adjacent to an activating group) is 1. The van der Waals surface area contributed by atoms with Crippen LogP contribution in [-0.4, -0.2) is 36.8 Å². The normalized spacial score (nSPS) is 19.2. The van der Waals surface area contributed by atoms with Crippen molar-refractivity contribution in [2.45, 2.75) is 65.1 Å². The van der Waals surface area contributed by atoms with Gasteiger partial charge in [0.1, 0.15) is 0 Å². The van der Waals surface area contributed by atoms with Crippen molar-refractivity contribution in [1.29, 1.82) is 0 Å². The van der Waals surface area contributed by atoms with Crippen LogP contribution in [0.3, 0.4) is 0 Å². The van der Waals surface area contributed by atoms with Crippen LogP contribution in [0.15, 0.2) is 0 Å². The van der Waals surface area contributed by atoms with Crippen molar-refractivity contribution in [3.05, 3.63) is 10.6 Å². The van der Waals surface area contributed by atoms with Gasteiger partial charge in [-0.3, -0.25) is 0 Å². The van der Waals surface area contributed by atoms with Crippen LogP contribution in [0.4, 0.5) is 5.13 Å². The molecule has 21 heavy (non-hydrogen) atoms. The molecule has 1 atom stereocenters. The number of anilines is 1. The number of ether oxygens (including phenoxy) is 1. The number of nitrogens with zero attached hydrogens (tertiary/aromatic N) is 2. The van der Waals surface area contributed by atoms with Gasteiger partial charge in [-0.05, 0) is 33.6 Å². The number of rotatable bonds is 6. The van der Waals surface area contributed by atoms with Crippen LogP contribution in [0.25, 0.3) is 0 Å². The summed E-state index contributed by atoms with van der Waals surface area (Å²) in [4.78, 5) is 8.58. The first-order valence-corrected chi connectivity index (χ1v) is 8.76. The van der Waals surface area contributed by atoms with Crippen LogP contribution >= 0.6 is 11.3 Å². The minimum absolute atomic E-state index is 0.138. The van der Waals surface area contributed by atoms with Crippen molar-refractivity contribution in [2.75, 3.05) is 25.2 Å². The zero-order valence-corrected chi connectivity index (χ0v) is 14.8. The summed E-state index contributed by atoms with van der Waals surface area (Å²) in [5.41, 5.74) is 1.40. The Balaban J connectivity index is 2.11. The highest BCUT2D eigenvalue weighted by Crippen LogP contribution is 2.29. The van der Waals surface area contributed by atoms with Gasteiger partial charge < -0.3 is 15.0 Å². The third kappa shape index (κ3) is 4.66. The lowest BCUT2D eigenvalue weighted by atomic mass is 10.1. The molecule has 0 amide bonds. The first-order chi connectivity index (χ1) is 9.90. The van der Waals surface area contributed by atoms with Crippen LogP contribution in [0.5, 0.6) is 0 Å². The van der Waals surface area contributed by atoms with E-state index < -0.39 is 0 Å². The van der Waals surface area contributed by atoms with E-state index in [4.69, 9.17) is 9.72 Å². The van der Waals surface area contributed by atoms with Crippen molar-refractivity contribution in [3.63, 3.8) is 0 Å². The maximum absolute atomic E-state index is 5.50. The molecule has 1 unspecified atom stereocenters. The molecule has 0 aliphatic carbocycles. The topological polar surface area (TPSA) is 37.4 Å². The second-order valence-electron chi connectivity index (χ2n) is 6.85. The summed E-state index contributed by atoms with van der Waals surface area (Å²) in [6.45, 7) is 11.4. The van der Waals surface area contributed by atoms with Crippen LogP contribution in [0.1, 0.15) is 51.1 Å². The minimum Gasteiger partial charge on any atom is -0.379 e. The van der Waals surface area contributed by atoms with Gasteiger partial charge in [0.05, 0.1) is 18.3 Å². The molecule has 2 heterocycles. The molecule has 4 nitrogen and oxygen atoms in total. The molecule has 1 N–H and O–H groups in total. The molecule has 120 valence electrons. The molecule has 0 bridgehead atoms. The molecule has 1 aliphatic heterocycles. The average molecular weight is 311 g/mol. The Morgan fingerprint density at radius 3 is 2.76 bits per heavy atom. The van der Waals surface area contributed by atoms with E-state index in [1.54, 1.807) is 0 Å². The van der Waals surface area contributed by atoms with Gasteiger partial charge in [0.25, 0.3) is 0 Å². The number of nitrogens with one attached hydrogen (secondary N) is 1. The molecule has 5 heteroatoms. The van der Waals surface area contributed by atoms with E-state index in [2.05, 4.69) is 45.0 Å². The maximum Gasteiger partial charge on any atom is 0.185 e. The first kappa shape index (κ1) is 16.7. The second kappa shape index (κ2) is 7.07. The van der Waals surface area contributed by atoms with Crippen molar-refractivity contribution in [3.8, 4) is 0 Å². The van der Waals surface area contributed by atoms with Gasteiger partial charge in [0.2, 0.25) is 0 Å². The van der Waals surface area contributed by atoms with Gasteiger partial charge in [-0.25, -0.2) is 4.98 Å². The summed E-state index contributed by atoms with van der Waals surface area (Å²) in [5.74, 6) is 0. The molecule has 1 saturated heterocycles. The fourth-order valence-electron chi connectivity index (χ4n) is 2.42. The Morgan fingerprint density at radius 2 is 2.19 bits per heavy atom. The summed E-state index contributed by atoms with van der Waals surface area (Å²) in [5, 5.41) is 4.72. The van der Waals surface area contributed by atoms with Gasteiger partial charge in [-0.1, -0.05) is 13.3 Å². The van der Waals surface area contributed by atoms with E-state index in [0.717, 1.165) is 44.2 Å². The zero-order chi connectivity index (χ0) is 15.5. The van der Waals surface area contributed by atoms with Crippen molar-refractivity contribution in [2.24, 2.45) is 0 Å². The molecular formula is C16H29N3OS. The van der Waals surface area contributed by atoms with Crippen LogP contribution in [-0.2, 0) is 17.7 Å². The van der Waals surface area contributed by atoms with Crippen LogP contribution < -0.4 is 10.2 Å². The molecular weight excluding hydrogens is 282 g/mol. The highest BCUT2D eigenvalue weighted by Gasteiger charge is 2.24. The molecule has 0 spiro atoms. The van der Waals surface area contributed by atoms with Crippen LogP contribution in [0, 0.1) is 0 Å². The summed E-state index contributed by atoms with van der Waals surface area (Å²) in [7, 11) is 2.15. The molecule has 1 fully saturated rings. The fraction of sp³-hybridized carbons (Fsp3) is 0.812. The summed E-state index contributed by atoms with van der Waals surface area (Å²) < 4.78 is 5.50. The van der Waals surface area contributed by atoms with Gasteiger partial charge in [-0.2, -0.15) is 0 Å². The predicted molar refractivity (Wildman–Crippen MR) is 90.3 cm³/mol. The number of aryl methyl sites for hydroxylation is 1. The van der Waals surface area contributed by atoms with Crippen LogP contribution in [0.2, 0.25) is 0 Å². The van der Waals surface area contributed by atoms with E-state index in [1.807, 2.05) is 11.3 Å². The van der Waals surface area contributed by atoms with E-state index in [1.165, 1.54) is 10.6 Å². The van der Waals surface area contributed by atoms with Gasteiger partial charge >= 0.3 is 0 Å². The van der Waals surface area contributed by atoms with Crippen molar-refractivity contribution in [1.82, 2.24) is 10.3 Å². The standard InChI is InChI=1S/C16H29N3OS/c1-6-7-13-14(10-17-16(2,3)4)21-15(18-13)19(5)12-8-9-20-11-12/h12,17H,6-11H2,1-5H3. The maximum atomic E-state index is 5.50. The monoisotopic (exact) mass is 311 g/mol. The number of thiazole rings is 1. The predicted octanol–water partition coefficient (Wildman–Crippen LogP) is 3.21. The lowest BCUT2D eigenvalue weighted by Gasteiger charge is -2.22. The fourth-order valence-corrected chi connectivity index (χ4v) is 3.50. The Bertz CT molecular complexity index is 447. The Kier molecular flexibility index (Phi) is 5.63. The quantitative estimate of drug-likeness (QED) is 0.875. The Labute approximate surface area is 132 Å². The van der Waals surface area contributed by atoms with E-state index in [9.17, 15) is 0 Å². The molecule has 0 radical (unpaired) electrons. The highest BCUT2D eigenvalue weighted by atomic mass is 32.1. The number of hydrogen-bond acceptors (Lipinski definition) is 5. The largest absolute Gasteiger partial charge is 0.379 e. The van der Waals surface area contributed by atoms with E-state index >= 15 is 0 Å². The zero-order valence-electron chi connectivity index (χ0n) is 14.0. The molecule has 1 aliphatic rings. The third-order valence-electron chi connectivity index (χ3n) is 3.79. The number of hydrogen-bond donors (Lipinski definition) is 1. The van der Waals surface area contributed by atoms with E-state index in [-0.39, 0.29) is 5.54 Å². The van der Waals surface area contributed by atoms with Gasteiger partial charge in [-0.15, -0.1) is 11.3 Å². The Hall–Kier alpha value is -0.650. The highest BCUT2D eigenvalue weighted by molar-refractivity contribution is 7.15. The summed E-state index contributed by atoms with van der Waals surface area (Å²) in [6, 6.07) is 0.481. The number of aromatic nitrogens is 1. The van der Waals surface area contributed by atoms with E-state index in [0.29, 0.717) is 6.04 Å². The van der Waals surface area contributed by atoms with Gasteiger partial charge in [0.15, 0.2) is 5.13 Å². The summed E-state index contributed by atoms with van der Waals surface area (Å²) in [6.07, 6.45) is 3.31. The summed E-state index contributed by atoms with van der Waals surface area (Å²) >= 11 is 1.83. The Morgan fingerprint density at radius 1 is 1.43 bits per heavy atom. The second-order valence-corrected chi connectivity index (χ2v) is 7.91. The minimum atomic E-state index is 0.138. The lowest BCUT2D eigenvalue weighted by Crippen LogP contribution is -2.35. The van der Waals surface area contributed by atoms with Crippen molar-refractivity contribution >= 4 is 16.5 Å². The first-order valence-electron chi connectivity index (χ1n) is 7.95.